The molecule has 2 amide bonds. The summed E-state index contributed by atoms with van der Waals surface area (Å²) >= 11 is 1.48. The number of nitrogens with zero attached hydrogens (tertiary/aromatic N) is 1. The van der Waals surface area contributed by atoms with Crippen LogP contribution in [0.3, 0.4) is 0 Å². The Labute approximate surface area is 160 Å². The van der Waals surface area contributed by atoms with Gasteiger partial charge in [-0.2, -0.15) is 0 Å². The normalized spacial score (nSPS) is 19.5. The van der Waals surface area contributed by atoms with Crippen LogP contribution in [0.5, 0.6) is 5.75 Å². The fraction of sp³-hybridized carbons (Fsp3) is 0.524. The number of hydrogen-bond acceptors (Lipinski definition) is 4. The van der Waals surface area contributed by atoms with E-state index in [1.807, 2.05) is 38.1 Å². The quantitative estimate of drug-likeness (QED) is 0.557. The smallest absolute Gasteiger partial charge is 0.268 e. The van der Waals surface area contributed by atoms with Gasteiger partial charge in [0.05, 0.1) is 17.6 Å². The highest BCUT2D eigenvalue weighted by molar-refractivity contribution is 8.04. The van der Waals surface area contributed by atoms with Crippen molar-refractivity contribution in [1.82, 2.24) is 4.90 Å². The van der Waals surface area contributed by atoms with E-state index in [2.05, 4.69) is 0 Å². The monoisotopic (exact) mass is 373 g/mol. The number of ether oxygens (including phenoxy) is 1. The van der Waals surface area contributed by atoms with Crippen molar-refractivity contribution in [2.45, 2.75) is 63.7 Å². The van der Waals surface area contributed by atoms with E-state index in [1.165, 1.54) is 29.5 Å². The Hall–Kier alpha value is -1.75. The van der Waals surface area contributed by atoms with E-state index in [-0.39, 0.29) is 23.1 Å². The molecule has 0 unspecified atom stereocenters. The molecule has 3 rings (SSSR count). The van der Waals surface area contributed by atoms with Crippen LogP contribution in [-0.2, 0) is 9.59 Å². The first-order valence-corrected chi connectivity index (χ1v) is 10.3. The summed E-state index contributed by atoms with van der Waals surface area (Å²) in [7, 11) is 1.60. The van der Waals surface area contributed by atoms with Gasteiger partial charge in [-0.05, 0) is 18.9 Å². The third kappa shape index (κ3) is 3.68. The number of rotatable bonds is 5. The van der Waals surface area contributed by atoms with Crippen molar-refractivity contribution in [3.63, 3.8) is 0 Å². The summed E-state index contributed by atoms with van der Waals surface area (Å²) in [6.07, 6.45) is 6.36. The molecule has 1 heterocycles. The number of thioether (sulfide) groups is 1. The molecule has 1 aliphatic heterocycles. The molecular formula is C21H27NO3S. The zero-order chi connectivity index (χ0) is 18.7. The van der Waals surface area contributed by atoms with Gasteiger partial charge in [0.25, 0.3) is 11.8 Å². The molecule has 1 saturated carbocycles. The van der Waals surface area contributed by atoms with Gasteiger partial charge < -0.3 is 4.74 Å². The lowest BCUT2D eigenvalue weighted by Crippen LogP contribution is -2.40. The molecule has 0 saturated heterocycles. The van der Waals surface area contributed by atoms with Crippen LogP contribution in [-0.4, -0.2) is 35.1 Å². The summed E-state index contributed by atoms with van der Waals surface area (Å²) in [5, 5.41) is 0.223. The molecule has 1 fully saturated rings. The second-order valence-corrected chi connectivity index (χ2v) is 8.78. The lowest BCUT2D eigenvalue weighted by molar-refractivity contribution is -0.139. The Morgan fingerprint density at radius 2 is 1.69 bits per heavy atom. The minimum absolute atomic E-state index is 0.0208. The first-order valence-electron chi connectivity index (χ1n) is 9.46. The Morgan fingerprint density at radius 3 is 2.31 bits per heavy atom. The van der Waals surface area contributed by atoms with Gasteiger partial charge in [0, 0.05) is 16.9 Å². The Kier molecular flexibility index (Phi) is 6.07. The van der Waals surface area contributed by atoms with Crippen molar-refractivity contribution in [1.29, 1.82) is 0 Å². The fourth-order valence-electron chi connectivity index (χ4n) is 3.81. The average molecular weight is 374 g/mol. The summed E-state index contributed by atoms with van der Waals surface area (Å²) in [6.45, 7) is 4.09. The van der Waals surface area contributed by atoms with Gasteiger partial charge in [-0.1, -0.05) is 57.7 Å². The number of benzene rings is 1. The Bertz CT molecular complexity index is 718. The van der Waals surface area contributed by atoms with Crippen molar-refractivity contribution in [2.75, 3.05) is 7.11 Å². The second-order valence-electron chi connectivity index (χ2n) is 7.20. The van der Waals surface area contributed by atoms with Crippen molar-refractivity contribution in [2.24, 2.45) is 0 Å². The zero-order valence-electron chi connectivity index (χ0n) is 15.8. The molecule has 5 heteroatoms. The first-order chi connectivity index (χ1) is 12.5. The van der Waals surface area contributed by atoms with Crippen molar-refractivity contribution in [3.05, 3.63) is 34.7 Å². The summed E-state index contributed by atoms with van der Waals surface area (Å²) in [4.78, 5) is 28.7. The summed E-state index contributed by atoms with van der Waals surface area (Å²) in [6, 6.07) is 7.49. The van der Waals surface area contributed by atoms with E-state index < -0.39 is 0 Å². The Morgan fingerprint density at radius 1 is 1.04 bits per heavy atom. The lowest BCUT2D eigenvalue weighted by atomic mass is 10.0. The number of carbonyl (C=O) groups excluding carboxylic acids is 2. The van der Waals surface area contributed by atoms with Crippen LogP contribution >= 0.6 is 11.8 Å². The number of imide groups is 1. The maximum absolute atomic E-state index is 13.4. The number of carbonyl (C=O) groups is 2. The predicted octanol–water partition coefficient (Wildman–Crippen LogP) is 4.64. The van der Waals surface area contributed by atoms with Gasteiger partial charge in [-0.25, -0.2) is 0 Å². The number of methoxy groups -OCH3 is 1. The van der Waals surface area contributed by atoms with Crippen LogP contribution in [0.1, 0.15) is 57.9 Å². The van der Waals surface area contributed by atoms with Gasteiger partial charge in [0.2, 0.25) is 0 Å². The highest BCUT2D eigenvalue weighted by atomic mass is 32.2. The molecular weight excluding hydrogens is 346 g/mol. The van der Waals surface area contributed by atoms with Crippen LogP contribution in [0.25, 0.3) is 5.57 Å². The number of para-hydroxylation sites is 1. The van der Waals surface area contributed by atoms with Gasteiger partial charge in [0.15, 0.2) is 0 Å². The van der Waals surface area contributed by atoms with Crippen LogP contribution in [0.15, 0.2) is 29.2 Å². The molecule has 1 aromatic carbocycles. The maximum Gasteiger partial charge on any atom is 0.268 e. The second kappa shape index (κ2) is 8.30. The molecule has 0 atom stereocenters. The number of amides is 2. The highest BCUT2D eigenvalue weighted by Crippen LogP contribution is 2.42. The van der Waals surface area contributed by atoms with Crippen LogP contribution in [0.2, 0.25) is 0 Å². The lowest BCUT2D eigenvalue weighted by Gasteiger charge is -2.25. The van der Waals surface area contributed by atoms with E-state index in [0.29, 0.717) is 21.8 Å². The van der Waals surface area contributed by atoms with E-state index >= 15 is 0 Å². The molecule has 0 aromatic heterocycles. The van der Waals surface area contributed by atoms with Crippen LogP contribution in [0.4, 0.5) is 0 Å². The average Bonchev–Trinajstić information content (AvgIpc) is 2.80. The van der Waals surface area contributed by atoms with E-state index in [1.54, 1.807) is 7.11 Å². The van der Waals surface area contributed by atoms with E-state index in [4.69, 9.17) is 4.74 Å². The van der Waals surface area contributed by atoms with Gasteiger partial charge >= 0.3 is 0 Å². The topological polar surface area (TPSA) is 46.6 Å². The molecule has 2 aliphatic rings. The van der Waals surface area contributed by atoms with Gasteiger partial charge in [0.1, 0.15) is 5.75 Å². The molecule has 26 heavy (non-hydrogen) atoms. The predicted molar refractivity (Wildman–Crippen MR) is 106 cm³/mol. The first kappa shape index (κ1) is 19.0. The molecule has 1 aromatic rings. The molecule has 1 aliphatic carbocycles. The summed E-state index contributed by atoms with van der Waals surface area (Å²) < 4.78 is 5.47. The fourth-order valence-corrected chi connectivity index (χ4v) is 4.79. The molecule has 0 N–H and O–H groups in total. The molecule has 140 valence electrons. The van der Waals surface area contributed by atoms with Gasteiger partial charge in [-0.3, -0.25) is 14.5 Å². The largest absolute Gasteiger partial charge is 0.496 e. The van der Waals surface area contributed by atoms with Crippen molar-refractivity contribution >= 4 is 29.1 Å². The third-order valence-electron chi connectivity index (χ3n) is 4.99. The van der Waals surface area contributed by atoms with E-state index in [0.717, 1.165) is 25.7 Å². The molecule has 4 nitrogen and oxygen atoms in total. The molecule has 0 bridgehead atoms. The highest BCUT2D eigenvalue weighted by Gasteiger charge is 2.43. The van der Waals surface area contributed by atoms with Crippen molar-refractivity contribution in [3.8, 4) is 5.75 Å². The van der Waals surface area contributed by atoms with Crippen molar-refractivity contribution < 1.29 is 14.3 Å². The standard InChI is InChI=1S/C21H27NO3S/c1-14(2)26-19-18(16-12-8-9-13-17(16)25-3)20(23)22(21(19)24)15-10-6-4-5-7-11-15/h8-9,12-15H,4-7,10-11H2,1-3H3. The molecule has 0 radical (unpaired) electrons. The SMILES string of the molecule is COc1ccccc1C1=C(SC(C)C)C(=O)N(C2CCCCCC2)C1=O. The number of hydrogen-bond donors (Lipinski definition) is 0. The minimum atomic E-state index is -0.158. The Balaban J connectivity index is 2.04. The maximum atomic E-state index is 13.4. The third-order valence-corrected chi connectivity index (χ3v) is 6.08. The van der Waals surface area contributed by atoms with Gasteiger partial charge in [-0.15, -0.1) is 11.8 Å². The summed E-state index contributed by atoms with van der Waals surface area (Å²) in [5.74, 6) is 0.351. The van der Waals surface area contributed by atoms with Crippen LogP contribution < -0.4 is 4.74 Å². The zero-order valence-corrected chi connectivity index (χ0v) is 16.6. The summed E-state index contributed by atoms with van der Waals surface area (Å²) in [5.41, 5.74) is 1.23. The molecule has 0 spiro atoms. The van der Waals surface area contributed by atoms with Crippen LogP contribution in [0, 0.1) is 0 Å². The minimum Gasteiger partial charge on any atom is -0.496 e. The van der Waals surface area contributed by atoms with E-state index in [9.17, 15) is 9.59 Å².